The zero-order valence-electron chi connectivity index (χ0n) is 21.2. The number of rotatable bonds is 6. The molecule has 2 amide bonds. The molecular weight excluding hydrogens is 526 g/mol. The molecule has 0 saturated heterocycles. The minimum atomic E-state index is -0.393. The van der Waals surface area contributed by atoms with E-state index < -0.39 is 11.8 Å². The van der Waals surface area contributed by atoms with Crippen molar-refractivity contribution in [3.63, 3.8) is 0 Å². The van der Waals surface area contributed by atoms with E-state index in [-0.39, 0.29) is 12.2 Å². The van der Waals surface area contributed by atoms with Gasteiger partial charge >= 0.3 is 0 Å². The van der Waals surface area contributed by atoms with Gasteiger partial charge in [0.2, 0.25) is 0 Å². The van der Waals surface area contributed by atoms with E-state index in [2.05, 4.69) is 21.4 Å². The van der Waals surface area contributed by atoms with Gasteiger partial charge in [-0.05, 0) is 67.1 Å². The van der Waals surface area contributed by atoms with Crippen LogP contribution in [0.25, 0.3) is 10.9 Å². The predicted octanol–water partition coefficient (Wildman–Crippen LogP) is 6.59. The third kappa shape index (κ3) is 4.38. The molecule has 0 unspecified atom stereocenters. The van der Waals surface area contributed by atoms with Gasteiger partial charge in [-0.15, -0.1) is 0 Å². The second-order valence-corrected chi connectivity index (χ2v) is 9.59. The fraction of sp³-hybridized carbons (Fsp3) is 0.0645. The summed E-state index contributed by atoms with van der Waals surface area (Å²) >= 11 is 6.52. The Morgan fingerprint density at radius 1 is 0.975 bits per heavy atom. The molecule has 0 bridgehead atoms. The number of hydrogen-bond donors (Lipinski definition) is 1. The molecule has 2 aromatic heterocycles. The highest BCUT2D eigenvalue weighted by molar-refractivity contribution is 6.35. The Balaban J connectivity index is 1.36. The molecule has 3 heterocycles. The number of anilines is 3. The molecule has 9 heteroatoms. The predicted molar refractivity (Wildman–Crippen MR) is 152 cm³/mol. The smallest absolute Gasteiger partial charge is 0.266 e. The molecule has 0 radical (unpaired) electrons. The van der Waals surface area contributed by atoms with E-state index in [1.54, 1.807) is 60.8 Å². The molecule has 0 saturated carbocycles. The van der Waals surface area contributed by atoms with Gasteiger partial charge in [0.1, 0.15) is 18.4 Å². The van der Waals surface area contributed by atoms with Gasteiger partial charge in [-0.1, -0.05) is 29.8 Å². The fourth-order valence-electron chi connectivity index (χ4n) is 4.68. The van der Waals surface area contributed by atoms with Gasteiger partial charge < -0.3 is 10.1 Å². The number of ether oxygens (including phenoxy) is 1. The van der Waals surface area contributed by atoms with E-state index >= 15 is 0 Å². The minimum Gasteiger partial charge on any atom is -0.486 e. The Morgan fingerprint density at radius 2 is 1.73 bits per heavy atom. The lowest BCUT2D eigenvalue weighted by molar-refractivity contribution is 0.0926. The third-order valence-corrected chi connectivity index (χ3v) is 6.94. The first kappa shape index (κ1) is 25.0. The number of aryl methyl sites for hydroxylation is 1. The van der Waals surface area contributed by atoms with Crippen molar-refractivity contribution < 1.29 is 14.3 Å². The van der Waals surface area contributed by atoms with Crippen molar-refractivity contribution in [3.05, 3.63) is 118 Å². The number of hydrogen-bond acceptors (Lipinski definition) is 7. The SMILES string of the molecule is Cc1cc2ncc(C#N)c(Nc3ccc(OCc4ccccn4)c(Cl)c3)c2cc1N1C(=O)c2ccccc2C1=O. The number of halogens is 1. The van der Waals surface area contributed by atoms with Crippen molar-refractivity contribution in [2.24, 2.45) is 0 Å². The summed E-state index contributed by atoms with van der Waals surface area (Å²) in [6.45, 7) is 2.08. The van der Waals surface area contributed by atoms with Crippen molar-refractivity contribution in [1.82, 2.24) is 9.97 Å². The summed E-state index contributed by atoms with van der Waals surface area (Å²) in [5, 5.41) is 14.1. The first-order chi connectivity index (χ1) is 19.4. The second-order valence-electron chi connectivity index (χ2n) is 9.19. The molecule has 0 spiro atoms. The monoisotopic (exact) mass is 545 g/mol. The van der Waals surface area contributed by atoms with Crippen molar-refractivity contribution in [1.29, 1.82) is 5.26 Å². The van der Waals surface area contributed by atoms with Crippen LogP contribution in [0.3, 0.4) is 0 Å². The van der Waals surface area contributed by atoms with Crippen LogP contribution in [-0.4, -0.2) is 21.8 Å². The first-order valence-corrected chi connectivity index (χ1v) is 12.7. The number of imide groups is 1. The normalized spacial score (nSPS) is 12.4. The van der Waals surface area contributed by atoms with Crippen LogP contribution in [-0.2, 0) is 6.61 Å². The summed E-state index contributed by atoms with van der Waals surface area (Å²) in [5.74, 6) is -0.299. The fourth-order valence-corrected chi connectivity index (χ4v) is 4.91. The maximum absolute atomic E-state index is 13.2. The number of amides is 2. The second kappa shape index (κ2) is 10.1. The molecule has 1 N–H and O–H groups in total. The van der Waals surface area contributed by atoms with E-state index in [1.165, 1.54) is 11.1 Å². The van der Waals surface area contributed by atoms with Gasteiger partial charge in [0.25, 0.3) is 11.8 Å². The molecule has 5 aromatic rings. The van der Waals surface area contributed by atoms with Crippen LogP contribution < -0.4 is 15.0 Å². The largest absolute Gasteiger partial charge is 0.486 e. The van der Waals surface area contributed by atoms with Crippen LogP contribution in [0.15, 0.2) is 85.2 Å². The number of benzene rings is 3. The summed E-state index contributed by atoms with van der Waals surface area (Å²) in [5.41, 5.74) is 4.58. The average molecular weight is 546 g/mol. The molecule has 0 atom stereocenters. The quantitative estimate of drug-likeness (QED) is 0.240. The van der Waals surface area contributed by atoms with Gasteiger partial charge in [0.05, 0.1) is 44.3 Å². The van der Waals surface area contributed by atoms with Gasteiger partial charge in [-0.3, -0.25) is 19.6 Å². The van der Waals surface area contributed by atoms with Crippen LogP contribution in [0.1, 0.15) is 37.5 Å². The Hall–Kier alpha value is -5.26. The molecule has 1 aliphatic heterocycles. The highest BCUT2D eigenvalue weighted by Crippen LogP contribution is 2.38. The van der Waals surface area contributed by atoms with E-state index in [0.717, 1.165) is 5.69 Å². The van der Waals surface area contributed by atoms with Crippen LogP contribution in [0, 0.1) is 18.3 Å². The van der Waals surface area contributed by atoms with Crippen molar-refractivity contribution in [2.75, 3.05) is 10.2 Å². The molecule has 40 heavy (non-hydrogen) atoms. The molecule has 0 aliphatic carbocycles. The number of fused-ring (bicyclic) bond motifs is 2. The van der Waals surface area contributed by atoms with Gasteiger partial charge in [0.15, 0.2) is 0 Å². The maximum atomic E-state index is 13.2. The Bertz CT molecular complexity index is 1830. The summed E-state index contributed by atoms with van der Waals surface area (Å²) in [6.07, 6.45) is 3.18. The number of carbonyl (C=O) groups excluding carboxylic acids is 2. The van der Waals surface area contributed by atoms with Crippen molar-refractivity contribution >= 4 is 51.4 Å². The number of aromatic nitrogens is 2. The third-order valence-electron chi connectivity index (χ3n) is 6.64. The summed E-state index contributed by atoms with van der Waals surface area (Å²) in [4.78, 5) is 36.3. The van der Waals surface area contributed by atoms with E-state index in [4.69, 9.17) is 16.3 Å². The Labute approximate surface area is 234 Å². The van der Waals surface area contributed by atoms with Crippen LogP contribution in [0.2, 0.25) is 5.02 Å². The lowest BCUT2D eigenvalue weighted by atomic mass is 10.0. The van der Waals surface area contributed by atoms with Crippen molar-refractivity contribution in [3.8, 4) is 11.8 Å². The summed E-state index contributed by atoms with van der Waals surface area (Å²) in [7, 11) is 0. The molecule has 194 valence electrons. The maximum Gasteiger partial charge on any atom is 0.266 e. The molecule has 6 rings (SSSR count). The molecule has 8 nitrogen and oxygen atoms in total. The van der Waals surface area contributed by atoms with E-state index in [9.17, 15) is 14.9 Å². The highest BCUT2D eigenvalue weighted by Gasteiger charge is 2.37. The zero-order valence-corrected chi connectivity index (χ0v) is 21.9. The number of nitrogens with zero attached hydrogens (tertiary/aromatic N) is 4. The lowest BCUT2D eigenvalue weighted by Gasteiger charge is -2.19. The Kier molecular flexibility index (Phi) is 6.34. The molecule has 3 aromatic carbocycles. The van der Waals surface area contributed by atoms with Crippen LogP contribution in [0.4, 0.5) is 17.1 Å². The first-order valence-electron chi connectivity index (χ1n) is 12.3. The topological polar surface area (TPSA) is 108 Å². The molecule has 1 aliphatic rings. The zero-order chi connectivity index (χ0) is 27.8. The number of nitrogens with one attached hydrogen (secondary N) is 1. The minimum absolute atomic E-state index is 0.265. The van der Waals surface area contributed by atoms with Crippen molar-refractivity contribution in [2.45, 2.75) is 13.5 Å². The van der Waals surface area contributed by atoms with Gasteiger partial charge in [-0.25, -0.2) is 4.90 Å². The summed E-state index contributed by atoms with van der Waals surface area (Å²) in [6, 6.07) is 23.2. The standard InChI is InChI=1S/C31H20ClN5O3/c1-18-12-26-24(14-27(18)37-30(38)22-7-2-3-8-23(22)31(37)39)29(19(15-33)16-35-26)36-20-9-10-28(25(32)13-20)40-17-21-6-4-5-11-34-21/h2-14,16H,17H2,1H3,(H,35,36). The average Bonchev–Trinajstić information content (AvgIpc) is 3.22. The van der Waals surface area contributed by atoms with Crippen LogP contribution >= 0.6 is 11.6 Å². The van der Waals surface area contributed by atoms with Gasteiger partial charge in [-0.2, -0.15) is 5.26 Å². The van der Waals surface area contributed by atoms with Gasteiger partial charge in [0, 0.05) is 23.5 Å². The Morgan fingerprint density at radius 3 is 2.40 bits per heavy atom. The number of nitriles is 1. The molecule has 0 fully saturated rings. The lowest BCUT2D eigenvalue weighted by Crippen LogP contribution is -2.30. The number of pyridine rings is 2. The number of carbonyl (C=O) groups is 2. The highest BCUT2D eigenvalue weighted by atomic mass is 35.5. The summed E-state index contributed by atoms with van der Waals surface area (Å²) < 4.78 is 5.82. The van der Waals surface area contributed by atoms with E-state index in [0.29, 0.717) is 55.4 Å². The van der Waals surface area contributed by atoms with Crippen LogP contribution in [0.5, 0.6) is 5.75 Å². The molecular formula is C31H20ClN5O3. The van der Waals surface area contributed by atoms with E-state index in [1.807, 2.05) is 25.1 Å².